The molecule has 4 rings (SSSR count). The molecule has 1 amide bonds. The number of ether oxygens (including phenoxy) is 1. The van der Waals surface area contributed by atoms with E-state index in [1.807, 2.05) is 0 Å². The van der Waals surface area contributed by atoms with Crippen molar-refractivity contribution in [2.45, 2.75) is 24.5 Å². The first kappa shape index (κ1) is 18.0. The first-order valence-corrected chi connectivity index (χ1v) is 9.07. The third-order valence-corrected chi connectivity index (χ3v) is 5.29. The fourth-order valence-corrected chi connectivity index (χ4v) is 3.76. The number of hydrogen-bond donors (Lipinski definition) is 1. The van der Waals surface area contributed by atoms with Gasteiger partial charge in [0.05, 0.1) is 0 Å². The van der Waals surface area contributed by atoms with E-state index < -0.39 is 35.7 Å². The molecule has 0 radical (unpaired) electrons. The van der Waals surface area contributed by atoms with Gasteiger partial charge in [0, 0.05) is 21.5 Å². The number of rotatable bonds is 3. The van der Waals surface area contributed by atoms with Gasteiger partial charge in [-0.2, -0.15) is 0 Å². The van der Waals surface area contributed by atoms with Gasteiger partial charge in [0.15, 0.2) is 5.54 Å². The molecule has 1 saturated carbocycles. The second-order valence-corrected chi connectivity index (χ2v) is 7.40. The van der Waals surface area contributed by atoms with Gasteiger partial charge >= 0.3 is 0 Å². The molecule has 1 aliphatic carbocycles. The summed E-state index contributed by atoms with van der Waals surface area (Å²) in [6, 6.07) is 11.8. The lowest BCUT2D eigenvalue weighted by atomic mass is 9.84. The van der Waals surface area contributed by atoms with Crippen LogP contribution in [0.15, 0.2) is 58.0 Å². The SMILES string of the molecule is O=C(NC1=N[C@](c2cc(Br)ccc2F)(C(F)F)[C@H]2C[C@H]2O1)c1ccccc1. The van der Waals surface area contributed by atoms with Crippen molar-refractivity contribution in [2.24, 2.45) is 10.9 Å². The minimum Gasteiger partial charge on any atom is -0.461 e. The van der Waals surface area contributed by atoms with Crippen LogP contribution in [-0.4, -0.2) is 24.5 Å². The largest absolute Gasteiger partial charge is 0.461 e. The van der Waals surface area contributed by atoms with Crippen LogP contribution in [0.2, 0.25) is 0 Å². The van der Waals surface area contributed by atoms with Gasteiger partial charge in [-0.05, 0) is 36.8 Å². The summed E-state index contributed by atoms with van der Waals surface area (Å²) in [4.78, 5) is 16.4. The number of hydrogen-bond acceptors (Lipinski definition) is 3. The molecule has 0 saturated heterocycles. The Bertz CT molecular complexity index is 922. The molecule has 27 heavy (non-hydrogen) atoms. The summed E-state index contributed by atoms with van der Waals surface area (Å²) in [6.07, 6.45) is -3.20. The Kier molecular flexibility index (Phi) is 4.46. The molecular weight excluding hydrogens is 425 g/mol. The van der Waals surface area contributed by atoms with E-state index >= 15 is 0 Å². The monoisotopic (exact) mass is 438 g/mol. The number of halogens is 4. The molecule has 0 unspecified atom stereocenters. The van der Waals surface area contributed by atoms with Gasteiger partial charge in [-0.3, -0.25) is 10.1 Å². The molecule has 0 bridgehead atoms. The Hall–Kier alpha value is -2.35. The second kappa shape index (κ2) is 6.67. The lowest BCUT2D eigenvalue weighted by molar-refractivity contribution is 0.0166. The zero-order chi connectivity index (χ0) is 19.2. The maximum Gasteiger partial charge on any atom is 0.293 e. The van der Waals surface area contributed by atoms with E-state index in [9.17, 15) is 18.0 Å². The van der Waals surface area contributed by atoms with Crippen LogP contribution in [0, 0.1) is 11.7 Å². The number of aliphatic imine (C=N–C) groups is 1. The predicted molar refractivity (Wildman–Crippen MR) is 96.1 cm³/mol. The number of carbonyl (C=O) groups excluding carboxylic acids is 1. The zero-order valence-electron chi connectivity index (χ0n) is 13.8. The highest BCUT2D eigenvalue weighted by Crippen LogP contribution is 2.56. The summed E-state index contributed by atoms with van der Waals surface area (Å²) >= 11 is 3.19. The molecule has 4 nitrogen and oxygen atoms in total. The van der Waals surface area contributed by atoms with Crippen LogP contribution in [0.1, 0.15) is 22.3 Å². The molecule has 8 heteroatoms. The van der Waals surface area contributed by atoms with Crippen molar-refractivity contribution in [2.75, 3.05) is 0 Å². The maximum absolute atomic E-state index is 14.5. The third-order valence-electron chi connectivity index (χ3n) is 4.80. The van der Waals surface area contributed by atoms with Crippen LogP contribution >= 0.6 is 15.9 Å². The Morgan fingerprint density at radius 3 is 2.70 bits per heavy atom. The highest BCUT2D eigenvalue weighted by atomic mass is 79.9. The number of amidine groups is 1. The van der Waals surface area contributed by atoms with Gasteiger partial charge in [-0.25, -0.2) is 18.2 Å². The Labute approximate surface area is 161 Å². The lowest BCUT2D eigenvalue weighted by Gasteiger charge is -2.34. The van der Waals surface area contributed by atoms with Crippen LogP contribution in [0.4, 0.5) is 13.2 Å². The Balaban J connectivity index is 1.74. The summed E-state index contributed by atoms with van der Waals surface area (Å²) in [7, 11) is 0. The zero-order valence-corrected chi connectivity index (χ0v) is 15.4. The fourth-order valence-electron chi connectivity index (χ4n) is 3.39. The van der Waals surface area contributed by atoms with Crippen molar-refractivity contribution >= 4 is 27.9 Å². The molecular formula is C19H14BrF3N2O2. The maximum atomic E-state index is 14.5. The molecule has 2 aromatic rings. The molecule has 0 spiro atoms. The van der Waals surface area contributed by atoms with E-state index in [1.54, 1.807) is 30.3 Å². The summed E-state index contributed by atoms with van der Waals surface area (Å²) < 4.78 is 48.9. The second-order valence-electron chi connectivity index (χ2n) is 6.49. The fraction of sp³-hybridized carbons (Fsp3) is 0.263. The number of fused-ring (bicyclic) bond motifs is 1. The summed E-state index contributed by atoms with van der Waals surface area (Å²) in [6.45, 7) is 0. The molecule has 140 valence electrons. The van der Waals surface area contributed by atoms with Crippen LogP contribution in [0.3, 0.4) is 0 Å². The van der Waals surface area contributed by atoms with Crippen LogP contribution in [0.5, 0.6) is 0 Å². The van der Waals surface area contributed by atoms with E-state index in [-0.39, 0.29) is 11.6 Å². The highest BCUT2D eigenvalue weighted by Gasteiger charge is 2.64. The van der Waals surface area contributed by atoms with E-state index in [2.05, 4.69) is 26.2 Å². The van der Waals surface area contributed by atoms with Crippen molar-refractivity contribution < 1.29 is 22.7 Å². The Morgan fingerprint density at radius 2 is 2.00 bits per heavy atom. The molecule has 2 aromatic carbocycles. The van der Waals surface area contributed by atoms with Crippen LogP contribution in [0.25, 0.3) is 0 Å². The van der Waals surface area contributed by atoms with Gasteiger partial charge in [-0.1, -0.05) is 34.1 Å². The topological polar surface area (TPSA) is 50.7 Å². The van der Waals surface area contributed by atoms with Crippen LogP contribution in [-0.2, 0) is 10.3 Å². The van der Waals surface area contributed by atoms with E-state index in [4.69, 9.17) is 4.74 Å². The molecule has 1 fully saturated rings. The summed E-state index contributed by atoms with van der Waals surface area (Å²) in [5.41, 5.74) is -1.98. The highest BCUT2D eigenvalue weighted by molar-refractivity contribution is 9.10. The first-order chi connectivity index (χ1) is 12.9. The average Bonchev–Trinajstić information content (AvgIpc) is 3.43. The molecule has 0 aromatic heterocycles. The van der Waals surface area contributed by atoms with Gasteiger partial charge in [0.1, 0.15) is 11.9 Å². The molecule has 1 N–H and O–H groups in total. The van der Waals surface area contributed by atoms with Gasteiger partial charge in [0.25, 0.3) is 18.4 Å². The summed E-state index contributed by atoms with van der Waals surface area (Å²) in [5, 5.41) is 2.43. The van der Waals surface area contributed by atoms with Crippen molar-refractivity contribution in [1.82, 2.24) is 5.32 Å². The van der Waals surface area contributed by atoms with Gasteiger partial charge in [-0.15, -0.1) is 0 Å². The standard InChI is InChI=1S/C19H14BrF3N2O2/c20-11-6-7-14(21)12(8-11)19(17(22)23)13-9-15(13)27-18(25-19)24-16(26)10-4-2-1-3-5-10/h1-8,13,15,17H,9H2,(H,24,25,26)/t13-,15+,19-/m0/s1. The number of benzene rings is 2. The molecule has 3 atom stereocenters. The Morgan fingerprint density at radius 1 is 1.26 bits per heavy atom. The number of alkyl halides is 2. The van der Waals surface area contributed by atoms with E-state index in [1.165, 1.54) is 12.1 Å². The number of carbonyl (C=O) groups is 1. The minimum atomic E-state index is -2.97. The summed E-state index contributed by atoms with van der Waals surface area (Å²) in [5.74, 6) is -1.96. The van der Waals surface area contributed by atoms with E-state index in [0.29, 0.717) is 16.5 Å². The van der Waals surface area contributed by atoms with Gasteiger partial charge in [0.2, 0.25) is 0 Å². The number of amides is 1. The van der Waals surface area contributed by atoms with Crippen LogP contribution < -0.4 is 5.32 Å². The predicted octanol–water partition coefficient (Wildman–Crippen LogP) is 4.25. The molecule has 1 heterocycles. The van der Waals surface area contributed by atoms with Crippen molar-refractivity contribution in [1.29, 1.82) is 0 Å². The third kappa shape index (κ3) is 3.12. The minimum absolute atomic E-state index is 0.214. The average molecular weight is 439 g/mol. The van der Waals surface area contributed by atoms with Gasteiger partial charge < -0.3 is 4.74 Å². The van der Waals surface area contributed by atoms with Crippen molar-refractivity contribution in [3.63, 3.8) is 0 Å². The normalized spacial score (nSPS) is 26.0. The number of nitrogens with zero attached hydrogens (tertiary/aromatic N) is 1. The first-order valence-electron chi connectivity index (χ1n) is 8.28. The molecule has 2 aliphatic rings. The molecule has 1 aliphatic heterocycles. The quantitative estimate of drug-likeness (QED) is 0.778. The van der Waals surface area contributed by atoms with Crippen molar-refractivity contribution in [3.8, 4) is 0 Å². The lowest BCUT2D eigenvalue weighted by Crippen LogP contribution is -2.46. The smallest absolute Gasteiger partial charge is 0.293 e. The number of nitrogens with one attached hydrogen (secondary N) is 1. The van der Waals surface area contributed by atoms with Crippen molar-refractivity contribution in [3.05, 3.63) is 69.9 Å². The van der Waals surface area contributed by atoms with E-state index in [0.717, 1.165) is 6.07 Å².